The molecule has 0 fully saturated rings. The molecular formula is C13H14FNOS. The minimum absolute atomic E-state index is 0.183. The van der Waals surface area contributed by atoms with E-state index in [0.717, 1.165) is 5.56 Å². The van der Waals surface area contributed by atoms with E-state index >= 15 is 0 Å². The lowest BCUT2D eigenvalue weighted by atomic mass is 10.00. The largest absolute Gasteiger partial charge is 0.496 e. The predicted molar refractivity (Wildman–Crippen MR) is 68.2 cm³/mol. The fourth-order valence-corrected chi connectivity index (χ4v) is 2.58. The Hall–Kier alpha value is -1.39. The van der Waals surface area contributed by atoms with Crippen molar-refractivity contribution in [1.82, 2.24) is 5.32 Å². The van der Waals surface area contributed by atoms with Gasteiger partial charge < -0.3 is 10.1 Å². The Balaban J connectivity index is 2.50. The van der Waals surface area contributed by atoms with Gasteiger partial charge in [0.05, 0.1) is 18.7 Å². The van der Waals surface area contributed by atoms with Gasteiger partial charge in [0.1, 0.15) is 11.6 Å². The normalized spacial score (nSPS) is 12.4. The molecule has 1 heterocycles. The second-order valence-corrected chi connectivity index (χ2v) is 4.41. The van der Waals surface area contributed by atoms with E-state index in [1.165, 1.54) is 6.07 Å². The quantitative estimate of drug-likeness (QED) is 0.901. The van der Waals surface area contributed by atoms with E-state index in [0.29, 0.717) is 11.3 Å². The van der Waals surface area contributed by atoms with Crippen LogP contribution in [0.25, 0.3) is 0 Å². The summed E-state index contributed by atoms with van der Waals surface area (Å²) in [6.07, 6.45) is 0. The predicted octanol–water partition coefficient (Wildman–Crippen LogP) is 3.20. The number of thiophene rings is 1. The molecular weight excluding hydrogens is 237 g/mol. The smallest absolute Gasteiger partial charge is 0.132 e. The van der Waals surface area contributed by atoms with E-state index in [2.05, 4.69) is 5.32 Å². The van der Waals surface area contributed by atoms with Crippen molar-refractivity contribution in [3.63, 3.8) is 0 Å². The first kappa shape index (κ1) is 12.1. The average Bonchev–Trinajstić information content (AvgIpc) is 2.86. The van der Waals surface area contributed by atoms with E-state index in [9.17, 15) is 4.39 Å². The standard InChI is InChI=1S/C13H14FNOS/c1-15-13(9-6-7-17-8-9)12-10(14)4-3-5-11(12)16-2/h3-8,13,15H,1-2H3. The van der Waals surface area contributed by atoms with Gasteiger partial charge in [-0.3, -0.25) is 0 Å². The first-order valence-corrected chi connectivity index (χ1v) is 6.24. The molecule has 0 radical (unpaired) electrons. The molecule has 2 rings (SSSR count). The topological polar surface area (TPSA) is 21.3 Å². The third-order valence-corrected chi connectivity index (χ3v) is 3.39. The third kappa shape index (κ3) is 2.33. The number of rotatable bonds is 4. The Morgan fingerprint density at radius 1 is 1.35 bits per heavy atom. The number of hydrogen-bond donors (Lipinski definition) is 1. The summed E-state index contributed by atoms with van der Waals surface area (Å²) in [5.74, 6) is 0.311. The molecule has 1 aromatic heterocycles. The van der Waals surface area contributed by atoms with Gasteiger partial charge in [0.15, 0.2) is 0 Å². The fourth-order valence-electron chi connectivity index (χ4n) is 1.89. The van der Waals surface area contributed by atoms with Crippen LogP contribution in [0.5, 0.6) is 5.75 Å². The van der Waals surface area contributed by atoms with Crippen molar-refractivity contribution < 1.29 is 9.13 Å². The summed E-state index contributed by atoms with van der Waals surface area (Å²) in [7, 11) is 3.37. The highest BCUT2D eigenvalue weighted by atomic mass is 32.1. The van der Waals surface area contributed by atoms with E-state index in [4.69, 9.17) is 4.74 Å². The number of nitrogens with one attached hydrogen (secondary N) is 1. The maximum Gasteiger partial charge on any atom is 0.132 e. The lowest BCUT2D eigenvalue weighted by Crippen LogP contribution is -2.19. The molecule has 0 aliphatic heterocycles. The van der Waals surface area contributed by atoms with Crippen molar-refractivity contribution in [3.05, 3.63) is 52.0 Å². The Labute approximate surface area is 104 Å². The first-order valence-electron chi connectivity index (χ1n) is 5.29. The summed E-state index contributed by atoms with van der Waals surface area (Å²) in [5.41, 5.74) is 1.59. The van der Waals surface area contributed by atoms with E-state index in [1.54, 1.807) is 30.6 Å². The van der Waals surface area contributed by atoms with Gasteiger partial charge in [0.2, 0.25) is 0 Å². The van der Waals surface area contributed by atoms with Gasteiger partial charge in [-0.15, -0.1) is 0 Å². The van der Waals surface area contributed by atoms with Gasteiger partial charge in [0, 0.05) is 0 Å². The molecule has 0 spiro atoms. The van der Waals surface area contributed by atoms with E-state index < -0.39 is 0 Å². The van der Waals surface area contributed by atoms with Gasteiger partial charge in [-0.2, -0.15) is 11.3 Å². The second kappa shape index (κ2) is 5.29. The summed E-state index contributed by atoms with van der Waals surface area (Å²) in [6, 6.07) is 6.68. The number of methoxy groups -OCH3 is 1. The molecule has 0 bridgehead atoms. The van der Waals surface area contributed by atoms with Gasteiger partial charge >= 0.3 is 0 Å². The molecule has 1 unspecified atom stereocenters. The molecule has 1 aromatic carbocycles. The van der Waals surface area contributed by atoms with E-state index in [-0.39, 0.29) is 11.9 Å². The minimum atomic E-state index is -0.255. The number of benzene rings is 1. The highest BCUT2D eigenvalue weighted by Gasteiger charge is 2.20. The fraction of sp³-hybridized carbons (Fsp3) is 0.231. The Kier molecular flexibility index (Phi) is 3.76. The van der Waals surface area contributed by atoms with Gasteiger partial charge in [-0.25, -0.2) is 4.39 Å². The van der Waals surface area contributed by atoms with Crippen LogP contribution in [0.2, 0.25) is 0 Å². The average molecular weight is 251 g/mol. The number of ether oxygens (including phenoxy) is 1. The van der Waals surface area contributed by atoms with Crippen molar-refractivity contribution in [2.45, 2.75) is 6.04 Å². The van der Waals surface area contributed by atoms with Crippen molar-refractivity contribution in [2.24, 2.45) is 0 Å². The van der Waals surface area contributed by atoms with Crippen molar-refractivity contribution in [2.75, 3.05) is 14.2 Å². The first-order chi connectivity index (χ1) is 8.27. The summed E-state index contributed by atoms with van der Waals surface area (Å²) >= 11 is 1.59. The molecule has 0 aliphatic carbocycles. The van der Waals surface area contributed by atoms with Crippen LogP contribution in [0.15, 0.2) is 35.0 Å². The molecule has 17 heavy (non-hydrogen) atoms. The Bertz CT molecular complexity index is 484. The summed E-state index contributed by atoms with van der Waals surface area (Å²) in [5, 5.41) is 7.11. The number of hydrogen-bond acceptors (Lipinski definition) is 3. The molecule has 4 heteroatoms. The molecule has 2 nitrogen and oxygen atoms in total. The molecule has 1 N–H and O–H groups in total. The summed E-state index contributed by atoms with van der Waals surface area (Å²) in [6.45, 7) is 0. The Morgan fingerprint density at radius 2 is 2.18 bits per heavy atom. The molecule has 0 amide bonds. The third-order valence-electron chi connectivity index (χ3n) is 2.69. The second-order valence-electron chi connectivity index (χ2n) is 3.63. The molecule has 2 aromatic rings. The molecule has 0 aliphatic rings. The van der Waals surface area contributed by atoms with Gasteiger partial charge in [0.25, 0.3) is 0 Å². The lowest BCUT2D eigenvalue weighted by molar-refractivity contribution is 0.399. The maximum atomic E-state index is 13.9. The van der Waals surface area contributed by atoms with Crippen LogP contribution in [0.4, 0.5) is 4.39 Å². The monoisotopic (exact) mass is 251 g/mol. The van der Waals surface area contributed by atoms with Crippen molar-refractivity contribution >= 4 is 11.3 Å². The highest BCUT2D eigenvalue weighted by Crippen LogP contribution is 2.32. The summed E-state index contributed by atoms with van der Waals surface area (Å²) in [4.78, 5) is 0. The van der Waals surface area contributed by atoms with Crippen LogP contribution in [-0.4, -0.2) is 14.2 Å². The molecule has 0 saturated carbocycles. The molecule has 0 saturated heterocycles. The van der Waals surface area contributed by atoms with Crippen LogP contribution in [0, 0.1) is 5.82 Å². The van der Waals surface area contributed by atoms with Crippen LogP contribution >= 0.6 is 11.3 Å². The lowest BCUT2D eigenvalue weighted by Gasteiger charge is -2.19. The summed E-state index contributed by atoms with van der Waals surface area (Å²) < 4.78 is 19.2. The van der Waals surface area contributed by atoms with E-state index in [1.807, 2.05) is 23.9 Å². The maximum absolute atomic E-state index is 13.9. The highest BCUT2D eigenvalue weighted by molar-refractivity contribution is 7.08. The Morgan fingerprint density at radius 3 is 2.76 bits per heavy atom. The van der Waals surface area contributed by atoms with Crippen LogP contribution in [0.1, 0.15) is 17.2 Å². The SMILES string of the molecule is CNC(c1ccsc1)c1c(F)cccc1OC. The minimum Gasteiger partial charge on any atom is -0.496 e. The molecule has 90 valence electrons. The zero-order chi connectivity index (χ0) is 12.3. The zero-order valence-corrected chi connectivity index (χ0v) is 10.6. The van der Waals surface area contributed by atoms with Gasteiger partial charge in [-0.1, -0.05) is 6.07 Å². The van der Waals surface area contributed by atoms with Crippen molar-refractivity contribution in [3.8, 4) is 5.75 Å². The zero-order valence-electron chi connectivity index (χ0n) is 9.74. The van der Waals surface area contributed by atoms with Gasteiger partial charge in [-0.05, 0) is 41.6 Å². The van der Waals surface area contributed by atoms with Crippen LogP contribution in [0.3, 0.4) is 0 Å². The molecule has 1 atom stereocenters. The van der Waals surface area contributed by atoms with Crippen LogP contribution < -0.4 is 10.1 Å². The van der Waals surface area contributed by atoms with Crippen LogP contribution in [-0.2, 0) is 0 Å². The van der Waals surface area contributed by atoms with Crippen molar-refractivity contribution in [1.29, 1.82) is 0 Å². The number of halogens is 1.